The van der Waals surface area contributed by atoms with Crippen LogP contribution in [0, 0.1) is 0 Å². The Morgan fingerprint density at radius 2 is 2.50 bits per heavy atom. The highest BCUT2D eigenvalue weighted by molar-refractivity contribution is 5.50. The Morgan fingerprint density at radius 1 is 1.80 bits per heavy atom. The lowest BCUT2D eigenvalue weighted by Crippen LogP contribution is -2.14. The van der Waals surface area contributed by atoms with Crippen molar-refractivity contribution in [3.63, 3.8) is 0 Å². The predicted molar refractivity (Wildman–Crippen MR) is 35.1 cm³/mol. The maximum atomic E-state index is 10.7. The molecule has 0 saturated carbocycles. The van der Waals surface area contributed by atoms with Crippen molar-refractivity contribution in [2.75, 3.05) is 0 Å². The van der Waals surface area contributed by atoms with Crippen LogP contribution in [-0.2, 0) is 11.3 Å². The third-order valence-electron chi connectivity index (χ3n) is 1.12. The Balaban J connectivity index is 3.16. The van der Waals surface area contributed by atoms with Gasteiger partial charge in [0.15, 0.2) is 0 Å². The lowest BCUT2D eigenvalue weighted by molar-refractivity contribution is 0.538. The van der Waals surface area contributed by atoms with E-state index in [4.69, 9.17) is 5.73 Å². The van der Waals surface area contributed by atoms with Crippen LogP contribution < -0.4 is 11.3 Å². The van der Waals surface area contributed by atoms with Crippen molar-refractivity contribution in [2.24, 2.45) is 5.73 Å². The number of aromatic amines is 1. The van der Waals surface area contributed by atoms with E-state index < -0.39 is 0 Å². The molecular weight excluding hydrogens is 134 g/mol. The fourth-order valence-corrected chi connectivity index (χ4v) is 0.644. The van der Waals surface area contributed by atoms with Gasteiger partial charge < -0.3 is 5.73 Å². The van der Waals surface area contributed by atoms with Crippen LogP contribution in [0.5, 0.6) is 0 Å². The summed E-state index contributed by atoms with van der Waals surface area (Å²) in [6, 6.07) is 1.29. The number of nitrogens with two attached hydrogens (primary N) is 1. The van der Waals surface area contributed by atoms with Crippen LogP contribution >= 0.6 is 0 Å². The molecule has 0 aliphatic carbocycles. The van der Waals surface area contributed by atoms with E-state index >= 15 is 0 Å². The van der Waals surface area contributed by atoms with Crippen molar-refractivity contribution in [3.05, 3.63) is 22.1 Å². The number of H-pyrrole nitrogens is 1. The number of carbonyl (C=O) groups excluding carboxylic acids is 1. The van der Waals surface area contributed by atoms with Crippen LogP contribution in [0.15, 0.2) is 10.9 Å². The number of aromatic nitrogens is 2. The van der Waals surface area contributed by atoms with E-state index in [9.17, 15) is 9.59 Å². The maximum Gasteiger partial charge on any atom is 0.273 e. The van der Waals surface area contributed by atoms with Crippen LogP contribution in [0.3, 0.4) is 0 Å². The lowest BCUT2D eigenvalue weighted by atomic mass is 10.4. The molecule has 0 aliphatic rings. The third-order valence-corrected chi connectivity index (χ3v) is 1.12. The van der Waals surface area contributed by atoms with Gasteiger partial charge in [-0.05, 0) is 0 Å². The molecule has 0 radical (unpaired) electrons. The fourth-order valence-electron chi connectivity index (χ4n) is 0.644. The summed E-state index contributed by atoms with van der Waals surface area (Å²) >= 11 is 0. The van der Waals surface area contributed by atoms with E-state index in [1.54, 1.807) is 0 Å². The van der Waals surface area contributed by atoms with Gasteiger partial charge in [0.2, 0.25) is 6.41 Å². The Bertz CT molecular complexity index is 285. The highest BCUT2D eigenvalue weighted by Gasteiger charge is 1.97. The molecule has 54 valence electrons. The van der Waals surface area contributed by atoms with Crippen molar-refractivity contribution < 1.29 is 4.79 Å². The summed E-state index contributed by atoms with van der Waals surface area (Å²) in [6.07, 6.45) is 0.404. The van der Waals surface area contributed by atoms with Crippen molar-refractivity contribution in [3.8, 4) is 0 Å². The molecule has 0 fully saturated rings. The van der Waals surface area contributed by atoms with E-state index in [2.05, 4.69) is 5.10 Å². The monoisotopic (exact) mass is 141 g/mol. The standard InChI is InChI=1S/C5H7N3O2/c6-2-4-1-5(10)8(3-9)7-4/h1,3,7H,2,6H2. The Hall–Kier alpha value is -1.36. The molecule has 0 atom stereocenters. The Morgan fingerprint density at radius 3 is 2.80 bits per heavy atom. The molecule has 10 heavy (non-hydrogen) atoms. The van der Waals surface area contributed by atoms with Gasteiger partial charge >= 0.3 is 0 Å². The molecule has 0 spiro atoms. The largest absolute Gasteiger partial charge is 0.325 e. The van der Waals surface area contributed by atoms with Crippen molar-refractivity contribution >= 4 is 6.41 Å². The van der Waals surface area contributed by atoms with Crippen LogP contribution in [0.1, 0.15) is 5.69 Å². The summed E-state index contributed by atoms with van der Waals surface area (Å²) in [6.45, 7) is 0.232. The van der Waals surface area contributed by atoms with Crippen molar-refractivity contribution in [1.29, 1.82) is 0 Å². The first kappa shape index (κ1) is 6.76. The van der Waals surface area contributed by atoms with E-state index in [0.29, 0.717) is 12.1 Å². The molecule has 1 aromatic rings. The minimum Gasteiger partial charge on any atom is -0.325 e. The highest BCUT2D eigenvalue weighted by atomic mass is 16.2. The first-order valence-electron chi connectivity index (χ1n) is 2.73. The van der Waals surface area contributed by atoms with Gasteiger partial charge in [-0.15, -0.1) is 0 Å². The number of hydrogen-bond donors (Lipinski definition) is 2. The van der Waals surface area contributed by atoms with Gasteiger partial charge in [-0.1, -0.05) is 0 Å². The summed E-state index contributed by atoms with van der Waals surface area (Å²) in [5.74, 6) is 0. The summed E-state index contributed by atoms with van der Waals surface area (Å²) in [5, 5.41) is 2.49. The lowest BCUT2D eigenvalue weighted by Gasteiger charge is -1.86. The Kier molecular flexibility index (Phi) is 1.68. The molecule has 0 saturated heterocycles. The number of nitrogens with one attached hydrogen (secondary N) is 1. The molecule has 3 N–H and O–H groups in total. The van der Waals surface area contributed by atoms with Gasteiger partial charge in [0.25, 0.3) is 5.56 Å². The van der Waals surface area contributed by atoms with Crippen LogP contribution in [0.2, 0.25) is 0 Å². The Labute approximate surface area is 56.4 Å². The fraction of sp³-hybridized carbons (Fsp3) is 0.200. The predicted octanol–water partition coefficient (Wildman–Crippen LogP) is -1.33. The van der Waals surface area contributed by atoms with Crippen LogP contribution in [0.25, 0.3) is 0 Å². The van der Waals surface area contributed by atoms with E-state index in [-0.39, 0.29) is 12.1 Å². The molecule has 1 rings (SSSR count). The number of carbonyl (C=O) groups is 1. The summed E-state index contributed by atoms with van der Waals surface area (Å²) in [7, 11) is 0. The minimum atomic E-state index is -0.379. The first-order chi connectivity index (χ1) is 4.77. The molecular formula is C5H7N3O2. The van der Waals surface area contributed by atoms with Crippen LogP contribution in [-0.4, -0.2) is 16.2 Å². The van der Waals surface area contributed by atoms with Crippen molar-refractivity contribution in [2.45, 2.75) is 6.54 Å². The van der Waals surface area contributed by atoms with Gasteiger partial charge in [-0.25, -0.2) is 0 Å². The zero-order valence-corrected chi connectivity index (χ0v) is 5.20. The topological polar surface area (TPSA) is 80.9 Å². The van der Waals surface area contributed by atoms with Crippen LogP contribution in [0.4, 0.5) is 0 Å². The summed E-state index contributed by atoms with van der Waals surface area (Å²) in [4.78, 5) is 20.7. The molecule has 0 aliphatic heterocycles. The zero-order valence-electron chi connectivity index (χ0n) is 5.20. The average Bonchev–Trinajstić information content (AvgIpc) is 2.30. The second-order valence-corrected chi connectivity index (χ2v) is 1.80. The van der Waals surface area contributed by atoms with E-state index in [1.807, 2.05) is 0 Å². The summed E-state index contributed by atoms with van der Waals surface area (Å²) < 4.78 is 0.836. The second kappa shape index (κ2) is 2.49. The minimum absolute atomic E-state index is 0.232. The molecule has 0 unspecified atom stereocenters. The smallest absolute Gasteiger partial charge is 0.273 e. The number of nitrogens with zero attached hydrogens (tertiary/aromatic N) is 1. The third kappa shape index (κ3) is 0.985. The number of hydrogen-bond acceptors (Lipinski definition) is 3. The van der Waals surface area contributed by atoms with Gasteiger partial charge in [0.05, 0.1) is 5.69 Å². The number of rotatable bonds is 2. The molecule has 0 aromatic carbocycles. The van der Waals surface area contributed by atoms with Crippen molar-refractivity contribution in [1.82, 2.24) is 9.78 Å². The van der Waals surface area contributed by atoms with Gasteiger partial charge in [0, 0.05) is 12.6 Å². The highest BCUT2D eigenvalue weighted by Crippen LogP contribution is 1.83. The normalized spacial score (nSPS) is 9.70. The maximum absolute atomic E-state index is 10.7. The SMILES string of the molecule is NCc1cc(=O)n(C=O)[nH]1. The zero-order chi connectivity index (χ0) is 7.56. The summed E-state index contributed by atoms with van der Waals surface area (Å²) in [5.41, 5.74) is 5.36. The first-order valence-corrected chi connectivity index (χ1v) is 2.73. The second-order valence-electron chi connectivity index (χ2n) is 1.80. The quantitative estimate of drug-likeness (QED) is 0.501. The molecule has 1 aromatic heterocycles. The van der Waals surface area contributed by atoms with Gasteiger partial charge in [-0.2, -0.15) is 4.68 Å². The molecule has 0 amide bonds. The van der Waals surface area contributed by atoms with E-state index in [0.717, 1.165) is 4.68 Å². The molecule has 0 bridgehead atoms. The molecule has 5 heteroatoms. The molecule has 5 nitrogen and oxygen atoms in total. The molecule has 1 heterocycles. The van der Waals surface area contributed by atoms with E-state index in [1.165, 1.54) is 6.07 Å². The van der Waals surface area contributed by atoms with Gasteiger partial charge in [0.1, 0.15) is 0 Å². The van der Waals surface area contributed by atoms with Gasteiger partial charge in [-0.3, -0.25) is 14.7 Å². The average molecular weight is 141 g/mol.